The van der Waals surface area contributed by atoms with E-state index in [2.05, 4.69) is 22.1 Å². The molecule has 0 saturated heterocycles. The lowest BCUT2D eigenvalue weighted by molar-refractivity contribution is 0.640. The Balaban J connectivity index is 1.64. The van der Waals surface area contributed by atoms with Crippen LogP contribution in [-0.2, 0) is 13.6 Å². The smallest absolute Gasteiger partial charge is 0.313 e. The minimum absolute atomic E-state index is 0.397. The Labute approximate surface area is 176 Å². The van der Waals surface area contributed by atoms with Gasteiger partial charge in [0.15, 0.2) is 16.3 Å². The SMILES string of the molecule is Cn1c(=O)[nH]c(=O)c2c1nc(Sc1ccccc1)n2CCCSc1ccccc1. The number of hydrogen-bond donors (Lipinski definition) is 1. The molecule has 4 aromatic rings. The second-order valence-corrected chi connectivity index (χ2v) is 8.68. The van der Waals surface area contributed by atoms with Crippen molar-refractivity contribution in [2.75, 3.05) is 5.75 Å². The van der Waals surface area contributed by atoms with E-state index in [1.165, 1.54) is 21.2 Å². The molecule has 8 heteroatoms. The van der Waals surface area contributed by atoms with Crippen LogP contribution in [0.1, 0.15) is 6.42 Å². The maximum Gasteiger partial charge on any atom is 0.329 e. The molecule has 0 aliphatic carbocycles. The number of aryl methyl sites for hydroxylation is 2. The normalized spacial score (nSPS) is 11.2. The van der Waals surface area contributed by atoms with E-state index in [0.717, 1.165) is 17.1 Å². The number of nitrogens with zero attached hydrogens (tertiary/aromatic N) is 3. The molecule has 0 fully saturated rings. The summed E-state index contributed by atoms with van der Waals surface area (Å²) in [5.41, 5.74) is -0.00240. The van der Waals surface area contributed by atoms with E-state index in [-0.39, 0.29) is 0 Å². The predicted octanol–water partition coefficient (Wildman–Crippen LogP) is 3.76. The Morgan fingerprint density at radius 1 is 0.966 bits per heavy atom. The van der Waals surface area contributed by atoms with Gasteiger partial charge in [-0.2, -0.15) is 0 Å². The minimum atomic E-state index is -0.456. The number of benzene rings is 2. The third-order valence-electron chi connectivity index (χ3n) is 4.46. The average molecular weight is 425 g/mol. The third kappa shape index (κ3) is 4.33. The summed E-state index contributed by atoms with van der Waals surface area (Å²) in [5.74, 6) is 0.919. The number of hydrogen-bond acceptors (Lipinski definition) is 5. The molecule has 29 heavy (non-hydrogen) atoms. The molecule has 0 unspecified atom stereocenters. The fourth-order valence-corrected chi connectivity index (χ4v) is 4.81. The van der Waals surface area contributed by atoms with Crippen LogP contribution >= 0.6 is 23.5 Å². The largest absolute Gasteiger partial charge is 0.329 e. The number of nitrogens with one attached hydrogen (secondary N) is 1. The molecule has 0 radical (unpaired) electrons. The maximum atomic E-state index is 12.5. The van der Waals surface area contributed by atoms with Gasteiger partial charge in [-0.3, -0.25) is 14.3 Å². The van der Waals surface area contributed by atoms with Crippen LogP contribution in [0.4, 0.5) is 0 Å². The lowest BCUT2D eigenvalue weighted by Crippen LogP contribution is -2.29. The van der Waals surface area contributed by atoms with Crippen LogP contribution in [0.5, 0.6) is 0 Å². The summed E-state index contributed by atoms with van der Waals surface area (Å²) in [7, 11) is 1.63. The zero-order valence-corrected chi connectivity index (χ0v) is 17.5. The van der Waals surface area contributed by atoms with Gasteiger partial charge in [-0.1, -0.05) is 48.2 Å². The summed E-state index contributed by atoms with van der Waals surface area (Å²) in [4.78, 5) is 33.8. The van der Waals surface area contributed by atoms with Crippen LogP contribution < -0.4 is 11.2 Å². The second kappa shape index (κ2) is 8.75. The van der Waals surface area contributed by atoms with E-state index in [0.29, 0.717) is 22.9 Å². The first kappa shape index (κ1) is 19.6. The summed E-state index contributed by atoms with van der Waals surface area (Å²) in [6, 6.07) is 20.1. The van der Waals surface area contributed by atoms with Gasteiger partial charge in [-0.15, -0.1) is 11.8 Å². The minimum Gasteiger partial charge on any atom is -0.313 e. The lowest BCUT2D eigenvalue weighted by atomic mass is 10.4. The molecule has 0 amide bonds. The number of thioether (sulfide) groups is 1. The monoisotopic (exact) mass is 424 g/mol. The van der Waals surface area contributed by atoms with Gasteiger partial charge in [0.2, 0.25) is 0 Å². The van der Waals surface area contributed by atoms with Crippen LogP contribution in [0.2, 0.25) is 0 Å². The van der Waals surface area contributed by atoms with E-state index >= 15 is 0 Å². The summed E-state index contributed by atoms with van der Waals surface area (Å²) < 4.78 is 3.32. The molecule has 1 N–H and O–H groups in total. The molecule has 0 bridgehead atoms. The van der Waals surface area contributed by atoms with Gasteiger partial charge < -0.3 is 4.57 Å². The fraction of sp³-hybridized carbons (Fsp3) is 0.190. The summed E-state index contributed by atoms with van der Waals surface area (Å²) in [5, 5.41) is 0.711. The van der Waals surface area contributed by atoms with E-state index in [4.69, 9.17) is 0 Å². The zero-order valence-electron chi connectivity index (χ0n) is 15.9. The van der Waals surface area contributed by atoms with E-state index in [1.54, 1.807) is 18.8 Å². The molecule has 2 heterocycles. The highest BCUT2D eigenvalue weighted by molar-refractivity contribution is 7.99. The summed E-state index contributed by atoms with van der Waals surface area (Å²) in [6.45, 7) is 0.646. The van der Waals surface area contributed by atoms with Crippen molar-refractivity contribution in [2.24, 2.45) is 7.05 Å². The van der Waals surface area contributed by atoms with Gasteiger partial charge in [0, 0.05) is 23.4 Å². The summed E-state index contributed by atoms with van der Waals surface area (Å²) >= 11 is 3.28. The Hall–Kier alpha value is -2.71. The highest BCUT2D eigenvalue weighted by atomic mass is 32.2. The third-order valence-corrected chi connectivity index (χ3v) is 6.56. The van der Waals surface area contributed by atoms with Crippen LogP contribution in [-0.4, -0.2) is 24.9 Å². The number of rotatable bonds is 7. The van der Waals surface area contributed by atoms with Crippen molar-refractivity contribution < 1.29 is 0 Å². The number of imidazole rings is 1. The van der Waals surface area contributed by atoms with E-state index < -0.39 is 11.2 Å². The molecule has 0 saturated carbocycles. The molecule has 0 spiro atoms. The highest BCUT2D eigenvalue weighted by Gasteiger charge is 2.18. The van der Waals surface area contributed by atoms with Crippen molar-refractivity contribution in [1.82, 2.24) is 19.1 Å². The van der Waals surface area contributed by atoms with Gasteiger partial charge in [0.25, 0.3) is 5.56 Å². The lowest BCUT2D eigenvalue weighted by Gasteiger charge is -2.08. The molecule has 4 rings (SSSR count). The van der Waals surface area contributed by atoms with Crippen LogP contribution in [0.15, 0.2) is 85.2 Å². The number of aromatic nitrogens is 4. The molecule has 2 aromatic carbocycles. The van der Waals surface area contributed by atoms with Gasteiger partial charge in [0.1, 0.15) is 0 Å². The molecular weight excluding hydrogens is 404 g/mol. The Kier molecular flexibility index (Phi) is 5.92. The molecule has 2 aromatic heterocycles. The fourth-order valence-electron chi connectivity index (χ4n) is 3.02. The van der Waals surface area contributed by atoms with Crippen molar-refractivity contribution in [3.05, 3.63) is 81.5 Å². The van der Waals surface area contributed by atoms with Crippen molar-refractivity contribution in [1.29, 1.82) is 0 Å². The van der Waals surface area contributed by atoms with Crippen molar-refractivity contribution in [3.8, 4) is 0 Å². The summed E-state index contributed by atoms with van der Waals surface area (Å²) in [6.07, 6.45) is 0.871. The van der Waals surface area contributed by atoms with Gasteiger partial charge in [-0.05, 0) is 36.4 Å². The van der Waals surface area contributed by atoms with Crippen LogP contribution in [0.3, 0.4) is 0 Å². The maximum absolute atomic E-state index is 12.5. The number of aromatic amines is 1. The average Bonchev–Trinajstić information content (AvgIpc) is 3.10. The molecule has 0 atom stereocenters. The second-order valence-electron chi connectivity index (χ2n) is 6.47. The first-order chi connectivity index (χ1) is 14.1. The quantitative estimate of drug-likeness (QED) is 0.361. The highest BCUT2D eigenvalue weighted by Crippen LogP contribution is 2.29. The first-order valence-electron chi connectivity index (χ1n) is 9.24. The molecule has 148 valence electrons. The van der Waals surface area contributed by atoms with Crippen LogP contribution in [0.25, 0.3) is 11.2 Å². The van der Waals surface area contributed by atoms with Gasteiger partial charge >= 0.3 is 5.69 Å². The van der Waals surface area contributed by atoms with Crippen molar-refractivity contribution >= 4 is 34.7 Å². The Morgan fingerprint density at radius 2 is 1.62 bits per heavy atom. The van der Waals surface area contributed by atoms with Crippen molar-refractivity contribution in [3.63, 3.8) is 0 Å². The standard InChI is InChI=1S/C21H20N4O2S2/c1-24-18-17(19(26)23-20(24)27)25(13-8-14-28-15-9-4-2-5-10-15)21(22-18)29-16-11-6-3-7-12-16/h2-7,9-12H,8,13-14H2,1H3,(H,23,26,27). The van der Waals surface area contributed by atoms with Gasteiger partial charge in [-0.25, -0.2) is 9.78 Å². The van der Waals surface area contributed by atoms with E-state index in [1.807, 2.05) is 53.1 Å². The zero-order chi connectivity index (χ0) is 20.2. The number of fused-ring (bicyclic) bond motifs is 1. The number of H-pyrrole nitrogens is 1. The molecule has 0 aliphatic heterocycles. The molecular formula is C21H20N4O2S2. The predicted molar refractivity (Wildman–Crippen MR) is 118 cm³/mol. The van der Waals surface area contributed by atoms with Gasteiger partial charge in [0.05, 0.1) is 0 Å². The van der Waals surface area contributed by atoms with Crippen molar-refractivity contribution in [2.45, 2.75) is 27.9 Å². The van der Waals surface area contributed by atoms with E-state index in [9.17, 15) is 9.59 Å². The topological polar surface area (TPSA) is 72.7 Å². The molecule has 0 aliphatic rings. The molecule has 6 nitrogen and oxygen atoms in total. The Bertz CT molecular complexity index is 1230. The first-order valence-corrected chi connectivity index (χ1v) is 11.0. The van der Waals surface area contributed by atoms with Crippen LogP contribution in [0, 0.1) is 0 Å². The Morgan fingerprint density at radius 3 is 2.31 bits per heavy atom.